The zero-order valence-electron chi connectivity index (χ0n) is 9.97. The predicted molar refractivity (Wildman–Crippen MR) is 65.3 cm³/mol. The Labute approximate surface area is 101 Å². The van der Waals surface area contributed by atoms with Gasteiger partial charge < -0.3 is 16.0 Å². The Hall–Kier alpha value is -1.62. The zero-order chi connectivity index (χ0) is 12.3. The summed E-state index contributed by atoms with van der Waals surface area (Å²) in [6.45, 7) is 3.35. The molecule has 0 bridgehead atoms. The van der Waals surface area contributed by atoms with E-state index in [0.29, 0.717) is 13.1 Å². The van der Waals surface area contributed by atoms with Crippen molar-refractivity contribution in [3.8, 4) is 0 Å². The SMILES string of the molecule is CC(N)CCN1CC(c2cccnc2)NC1=O. The lowest BCUT2D eigenvalue weighted by molar-refractivity contribution is 0.216. The number of carbonyl (C=O) groups excluding carboxylic acids is 1. The second-order valence-electron chi connectivity index (χ2n) is 4.50. The van der Waals surface area contributed by atoms with Gasteiger partial charge in [-0.05, 0) is 25.0 Å². The highest BCUT2D eigenvalue weighted by atomic mass is 16.2. The van der Waals surface area contributed by atoms with Crippen LogP contribution in [-0.4, -0.2) is 35.0 Å². The Morgan fingerprint density at radius 2 is 2.53 bits per heavy atom. The fraction of sp³-hybridized carbons (Fsp3) is 0.500. The second kappa shape index (κ2) is 5.14. The van der Waals surface area contributed by atoms with Crippen molar-refractivity contribution in [3.05, 3.63) is 30.1 Å². The van der Waals surface area contributed by atoms with Gasteiger partial charge >= 0.3 is 6.03 Å². The van der Waals surface area contributed by atoms with Gasteiger partial charge in [0.05, 0.1) is 6.04 Å². The van der Waals surface area contributed by atoms with Crippen molar-refractivity contribution in [3.63, 3.8) is 0 Å². The van der Waals surface area contributed by atoms with Gasteiger partial charge in [-0.3, -0.25) is 4.98 Å². The smallest absolute Gasteiger partial charge is 0.318 e. The van der Waals surface area contributed by atoms with Gasteiger partial charge in [-0.1, -0.05) is 6.07 Å². The summed E-state index contributed by atoms with van der Waals surface area (Å²) in [6.07, 6.45) is 4.35. The average molecular weight is 234 g/mol. The molecule has 1 aliphatic heterocycles. The topological polar surface area (TPSA) is 71.2 Å². The van der Waals surface area contributed by atoms with Crippen LogP contribution in [0.4, 0.5) is 4.79 Å². The molecule has 17 heavy (non-hydrogen) atoms. The van der Waals surface area contributed by atoms with Gasteiger partial charge in [0.25, 0.3) is 0 Å². The van der Waals surface area contributed by atoms with Crippen molar-refractivity contribution in [1.82, 2.24) is 15.2 Å². The zero-order valence-corrected chi connectivity index (χ0v) is 9.97. The van der Waals surface area contributed by atoms with Gasteiger partial charge in [0.2, 0.25) is 0 Å². The fourth-order valence-electron chi connectivity index (χ4n) is 1.91. The van der Waals surface area contributed by atoms with E-state index < -0.39 is 0 Å². The highest BCUT2D eigenvalue weighted by Gasteiger charge is 2.29. The van der Waals surface area contributed by atoms with Crippen molar-refractivity contribution in [2.75, 3.05) is 13.1 Å². The first-order valence-corrected chi connectivity index (χ1v) is 5.88. The van der Waals surface area contributed by atoms with Crippen molar-refractivity contribution >= 4 is 6.03 Å². The van der Waals surface area contributed by atoms with Crippen LogP contribution in [0.25, 0.3) is 0 Å². The van der Waals surface area contributed by atoms with Crippen molar-refractivity contribution < 1.29 is 4.79 Å². The minimum atomic E-state index is -0.0143. The maximum atomic E-state index is 11.7. The van der Waals surface area contributed by atoms with E-state index in [1.54, 1.807) is 17.3 Å². The van der Waals surface area contributed by atoms with Gasteiger partial charge in [-0.2, -0.15) is 0 Å². The number of hydrogen-bond donors (Lipinski definition) is 2. The van der Waals surface area contributed by atoms with Crippen LogP contribution in [0.3, 0.4) is 0 Å². The largest absolute Gasteiger partial charge is 0.329 e. The van der Waals surface area contributed by atoms with E-state index >= 15 is 0 Å². The molecule has 5 heteroatoms. The van der Waals surface area contributed by atoms with Crippen molar-refractivity contribution in [2.45, 2.75) is 25.4 Å². The van der Waals surface area contributed by atoms with E-state index in [1.807, 2.05) is 19.1 Å². The van der Waals surface area contributed by atoms with E-state index in [-0.39, 0.29) is 18.1 Å². The number of urea groups is 1. The maximum Gasteiger partial charge on any atom is 0.318 e. The third kappa shape index (κ3) is 2.94. The molecule has 3 N–H and O–H groups in total. The molecule has 1 aromatic rings. The normalized spacial score (nSPS) is 21.4. The van der Waals surface area contributed by atoms with Gasteiger partial charge in [-0.15, -0.1) is 0 Å². The molecule has 92 valence electrons. The summed E-state index contributed by atoms with van der Waals surface area (Å²) >= 11 is 0. The lowest BCUT2D eigenvalue weighted by atomic mass is 10.1. The molecule has 1 saturated heterocycles. The number of rotatable bonds is 4. The number of amides is 2. The van der Waals surface area contributed by atoms with Gasteiger partial charge in [0.1, 0.15) is 0 Å². The van der Waals surface area contributed by atoms with Gasteiger partial charge in [-0.25, -0.2) is 4.79 Å². The molecule has 0 saturated carbocycles. The maximum absolute atomic E-state index is 11.7. The minimum Gasteiger partial charge on any atom is -0.329 e. The molecule has 2 rings (SSSR count). The number of aromatic nitrogens is 1. The molecule has 5 nitrogen and oxygen atoms in total. The molecule has 1 aromatic heterocycles. The number of nitrogens with two attached hydrogens (primary N) is 1. The molecule has 0 spiro atoms. The van der Waals surface area contributed by atoms with E-state index in [1.165, 1.54) is 0 Å². The van der Waals surface area contributed by atoms with Crippen LogP contribution in [0.15, 0.2) is 24.5 Å². The van der Waals surface area contributed by atoms with Gasteiger partial charge in [0.15, 0.2) is 0 Å². The van der Waals surface area contributed by atoms with Gasteiger partial charge in [0, 0.05) is 31.5 Å². The summed E-state index contributed by atoms with van der Waals surface area (Å²) in [5.74, 6) is 0. The van der Waals surface area contributed by atoms with Crippen LogP contribution in [-0.2, 0) is 0 Å². The summed E-state index contributed by atoms with van der Waals surface area (Å²) in [7, 11) is 0. The Kier molecular flexibility index (Phi) is 3.58. The van der Waals surface area contributed by atoms with E-state index in [9.17, 15) is 4.79 Å². The molecule has 1 aliphatic rings. The molecule has 2 unspecified atom stereocenters. The monoisotopic (exact) mass is 234 g/mol. The Balaban J connectivity index is 1.95. The molecule has 0 aliphatic carbocycles. The predicted octanol–water partition coefficient (Wildman–Crippen LogP) is 0.885. The fourth-order valence-corrected chi connectivity index (χ4v) is 1.91. The second-order valence-corrected chi connectivity index (χ2v) is 4.50. The summed E-state index contributed by atoms with van der Waals surface area (Å²) in [6, 6.07) is 4.02. The molecular formula is C12H18N4O. The van der Waals surface area contributed by atoms with Crippen LogP contribution in [0, 0.1) is 0 Å². The molecular weight excluding hydrogens is 216 g/mol. The minimum absolute atomic E-state index is 0.0143. The third-order valence-electron chi connectivity index (χ3n) is 2.93. The number of nitrogens with one attached hydrogen (secondary N) is 1. The van der Waals surface area contributed by atoms with E-state index in [0.717, 1.165) is 12.0 Å². The standard InChI is InChI=1S/C12H18N4O/c1-9(13)4-6-16-8-11(15-12(16)17)10-3-2-5-14-7-10/h2-3,5,7,9,11H,4,6,8,13H2,1H3,(H,15,17). The highest BCUT2D eigenvalue weighted by Crippen LogP contribution is 2.19. The Morgan fingerprint density at radius 3 is 3.18 bits per heavy atom. The summed E-state index contributed by atoms with van der Waals surface area (Å²) in [4.78, 5) is 17.6. The van der Waals surface area contributed by atoms with Crippen molar-refractivity contribution in [2.24, 2.45) is 5.73 Å². The number of hydrogen-bond acceptors (Lipinski definition) is 3. The average Bonchev–Trinajstić information content (AvgIpc) is 2.69. The molecule has 2 atom stereocenters. The molecule has 1 fully saturated rings. The molecule has 2 heterocycles. The van der Waals surface area contributed by atoms with Crippen LogP contribution >= 0.6 is 0 Å². The summed E-state index contributed by atoms with van der Waals surface area (Å²) in [5.41, 5.74) is 6.74. The van der Waals surface area contributed by atoms with Crippen molar-refractivity contribution in [1.29, 1.82) is 0 Å². The van der Waals surface area contributed by atoms with Crippen LogP contribution in [0.2, 0.25) is 0 Å². The van der Waals surface area contributed by atoms with E-state index in [2.05, 4.69) is 10.3 Å². The van der Waals surface area contributed by atoms with Crippen LogP contribution < -0.4 is 11.1 Å². The quantitative estimate of drug-likeness (QED) is 0.812. The van der Waals surface area contributed by atoms with Crippen LogP contribution in [0.5, 0.6) is 0 Å². The first kappa shape index (κ1) is 11.9. The molecule has 0 aromatic carbocycles. The summed E-state index contributed by atoms with van der Waals surface area (Å²) in [5, 5.41) is 2.95. The summed E-state index contributed by atoms with van der Waals surface area (Å²) < 4.78 is 0. The number of pyridine rings is 1. The van der Waals surface area contributed by atoms with Crippen LogP contribution in [0.1, 0.15) is 24.9 Å². The first-order valence-electron chi connectivity index (χ1n) is 5.88. The lowest BCUT2D eigenvalue weighted by Crippen LogP contribution is -2.32. The first-order chi connectivity index (χ1) is 8.16. The molecule has 2 amide bonds. The molecule has 0 radical (unpaired) electrons. The third-order valence-corrected chi connectivity index (χ3v) is 2.93. The number of carbonyl (C=O) groups is 1. The lowest BCUT2D eigenvalue weighted by Gasteiger charge is -2.15. The Morgan fingerprint density at radius 1 is 1.71 bits per heavy atom. The van der Waals surface area contributed by atoms with E-state index in [4.69, 9.17) is 5.73 Å². The highest BCUT2D eigenvalue weighted by molar-refractivity contribution is 5.77. The Bertz CT molecular complexity index is 379. The number of nitrogens with zero attached hydrogens (tertiary/aromatic N) is 2.